The van der Waals surface area contributed by atoms with Crippen molar-refractivity contribution in [3.05, 3.63) is 104 Å². The lowest BCUT2D eigenvalue weighted by Gasteiger charge is -2.38. The third kappa shape index (κ3) is 3.38. The molecule has 6 rings (SSSR count). The van der Waals surface area contributed by atoms with Crippen LogP contribution in [-0.2, 0) is 4.79 Å². The van der Waals surface area contributed by atoms with Gasteiger partial charge in [-0.05, 0) is 41.5 Å². The highest BCUT2D eigenvalue weighted by Crippen LogP contribution is 2.62. The first-order valence-corrected chi connectivity index (χ1v) is 14.0. The fourth-order valence-corrected chi connectivity index (χ4v) is 7.39. The summed E-state index contributed by atoms with van der Waals surface area (Å²) in [6.45, 7) is 5.60. The molecule has 4 nitrogen and oxygen atoms in total. The number of carbonyl (C=O) groups is 3. The molecule has 0 unspecified atom stereocenters. The van der Waals surface area contributed by atoms with Crippen molar-refractivity contribution in [2.24, 2.45) is 10.8 Å². The van der Waals surface area contributed by atoms with Crippen molar-refractivity contribution in [3.8, 4) is 0 Å². The van der Waals surface area contributed by atoms with E-state index in [1.165, 1.54) is 0 Å². The smallest absolute Gasteiger partial charge is 0.180 e. The molecule has 1 fully saturated rings. The fourth-order valence-electron chi connectivity index (χ4n) is 6.49. The third-order valence-electron chi connectivity index (χ3n) is 8.07. The van der Waals surface area contributed by atoms with Crippen LogP contribution >= 0.6 is 39.1 Å². The van der Waals surface area contributed by atoms with E-state index in [9.17, 15) is 14.4 Å². The molecular weight excluding hydrogens is 585 g/mol. The Morgan fingerprint density at radius 2 is 1.61 bits per heavy atom. The second kappa shape index (κ2) is 8.64. The minimum Gasteiger partial charge on any atom is -0.352 e. The quantitative estimate of drug-likeness (QED) is 0.279. The fraction of sp³-hybridized carbons (Fsp3) is 0.258. The molecule has 192 valence electrons. The molecule has 0 N–H and O–H groups in total. The molecule has 0 saturated carbocycles. The van der Waals surface area contributed by atoms with Gasteiger partial charge in [0.1, 0.15) is 5.41 Å². The van der Waals surface area contributed by atoms with Crippen LogP contribution in [0.5, 0.6) is 0 Å². The Labute approximate surface area is 239 Å². The van der Waals surface area contributed by atoms with Crippen molar-refractivity contribution in [2.75, 3.05) is 4.90 Å². The van der Waals surface area contributed by atoms with Crippen LogP contribution in [0.2, 0.25) is 10.0 Å². The van der Waals surface area contributed by atoms with Crippen molar-refractivity contribution in [1.82, 2.24) is 0 Å². The highest BCUT2D eigenvalue weighted by molar-refractivity contribution is 9.10. The van der Waals surface area contributed by atoms with Gasteiger partial charge >= 0.3 is 0 Å². The molecule has 3 aliphatic rings. The Morgan fingerprint density at radius 1 is 0.947 bits per heavy atom. The molecule has 3 aromatic carbocycles. The maximum absolute atomic E-state index is 14.6. The number of hydrogen-bond acceptors (Lipinski definition) is 4. The molecule has 0 radical (unpaired) electrons. The highest BCUT2D eigenvalue weighted by Gasteiger charge is 2.72. The average molecular weight is 609 g/mol. The molecule has 0 amide bonds. The van der Waals surface area contributed by atoms with Gasteiger partial charge in [0.05, 0.1) is 12.1 Å². The number of fused-ring (bicyclic) bond motifs is 5. The van der Waals surface area contributed by atoms with E-state index in [-0.39, 0.29) is 17.3 Å². The van der Waals surface area contributed by atoms with Gasteiger partial charge in [-0.15, -0.1) is 0 Å². The van der Waals surface area contributed by atoms with E-state index in [2.05, 4.69) is 15.9 Å². The summed E-state index contributed by atoms with van der Waals surface area (Å²) in [6, 6.07) is 16.3. The standard InChI is InChI=1S/C31H24BrCl2NO3/c1-30(2,3)29(38)26-25(21-11-10-18(33)15-22(21)34)31(27(36)19-6-4-5-7-20(19)28(31)37)24-13-8-16-14-17(32)9-12-23(16)35(24)26/h4-15,24-26H,1-3H3/t24-,25+,26+/m1/s1. The minimum absolute atomic E-state index is 0.0730. The van der Waals surface area contributed by atoms with Crippen LogP contribution in [0.3, 0.4) is 0 Å². The van der Waals surface area contributed by atoms with Crippen molar-refractivity contribution in [2.45, 2.75) is 38.8 Å². The summed E-state index contributed by atoms with van der Waals surface area (Å²) in [6.07, 6.45) is 3.85. The topological polar surface area (TPSA) is 54.5 Å². The van der Waals surface area contributed by atoms with Gasteiger partial charge in [-0.3, -0.25) is 14.4 Å². The molecular formula is C31H24BrCl2NO3. The number of nitrogens with zero attached hydrogens (tertiary/aromatic N) is 1. The van der Waals surface area contributed by atoms with Gasteiger partial charge in [-0.2, -0.15) is 0 Å². The maximum atomic E-state index is 14.6. The van der Waals surface area contributed by atoms with Gasteiger partial charge < -0.3 is 4.90 Å². The molecule has 2 aliphatic heterocycles. The number of ketones is 3. The Kier molecular flexibility index (Phi) is 5.81. The van der Waals surface area contributed by atoms with Crippen molar-refractivity contribution in [1.29, 1.82) is 0 Å². The summed E-state index contributed by atoms with van der Waals surface area (Å²) in [7, 11) is 0. The van der Waals surface area contributed by atoms with E-state index in [1.54, 1.807) is 42.5 Å². The second-order valence-electron chi connectivity index (χ2n) is 11.2. The Balaban J connectivity index is 1.72. The molecule has 38 heavy (non-hydrogen) atoms. The molecule has 2 heterocycles. The molecule has 0 aromatic heterocycles. The van der Waals surface area contributed by atoms with Crippen molar-refractivity contribution < 1.29 is 14.4 Å². The van der Waals surface area contributed by atoms with E-state index in [4.69, 9.17) is 23.2 Å². The van der Waals surface area contributed by atoms with Crippen molar-refractivity contribution in [3.63, 3.8) is 0 Å². The number of anilines is 1. The first kappa shape index (κ1) is 25.5. The van der Waals surface area contributed by atoms with E-state index in [1.807, 2.05) is 56.0 Å². The predicted octanol–water partition coefficient (Wildman–Crippen LogP) is 7.80. The summed E-state index contributed by atoms with van der Waals surface area (Å²) in [4.78, 5) is 45.5. The maximum Gasteiger partial charge on any atom is 0.180 e. The number of Topliss-reactive ketones (excluding diaryl/α,β-unsaturated/α-hetero) is 3. The number of benzene rings is 3. The van der Waals surface area contributed by atoms with Crippen LogP contribution < -0.4 is 4.90 Å². The third-order valence-corrected chi connectivity index (χ3v) is 9.13. The highest BCUT2D eigenvalue weighted by atomic mass is 79.9. The summed E-state index contributed by atoms with van der Waals surface area (Å²) in [5.74, 6) is -1.47. The lowest BCUT2D eigenvalue weighted by atomic mass is 9.63. The summed E-state index contributed by atoms with van der Waals surface area (Å²) >= 11 is 16.6. The number of rotatable bonds is 2. The van der Waals surface area contributed by atoms with E-state index < -0.39 is 28.8 Å². The van der Waals surface area contributed by atoms with Gasteiger partial charge in [0, 0.05) is 42.7 Å². The Morgan fingerprint density at radius 3 is 2.21 bits per heavy atom. The lowest BCUT2D eigenvalue weighted by molar-refractivity contribution is -0.127. The first-order valence-electron chi connectivity index (χ1n) is 12.4. The van der Waals surface area contributed by atoms with E-state index >= 15 is 0 Å². The van der Waals surface area contributed by atoms with Gasteiger partial charge in [-0.1, -0.05) is 102 Å². The summed E-state index contributed by atoms with van der Waals surface area (Å²) in [5, 5.41) is 0.759. The number of carbonyl (C=O) groups excluding carboxylic acids is 3. The van der Waals surface area contributed by atoms with Crippen LogP contribution in [0.15, 0.2) is 71.2 Å². The van der Waals surface area contributed by atoms with Crippen LogP contribution in [0.25, 0.3) is 6.08 Å². The van der Waals surface area contributed by atoms with Crippen LogP contribution in [-0.4, -0.2) is 29.4 Å². The van der Waals surface area contributed by atoms with Crippen molar-refractivity contribution >= 4 is 68.2 Å². The molecule has 1 spiro atoms. The van der Waals surface area contributed by atoms with Gasteiger partial charge in [0.2, 0.25) is 0 Å². The van der Waals surface area contributed by atoms with Gasteiger partial charge in [-0.25, -0.2) is 0 Å². The zero-order chi connectivity index (χ0) is 27.1. The molecule has 3 aromatic rings. The SMILES string of the molecule is CC(C)(C)C(=O)[C@@H]1[C@H](c2ccc(Cl)cc2Cl)C2(C(=O)c3ccccc3C2=O)[C@H]2C=Cc3cc(Br)ccc3N12. The number of hydrogen-bond donors (Lipinski definition) is 0. The van der Waals surface area contributed by atoms with Crippen LogP contribution in [0.4, 0.5) is 5.69 Å². The lowest BCUT2D eigenvalue weighted by Crippen LogP contribution is -2.49. The predicted molar refractivity (Wildman–Crippen MR) is 154 cm³/mol. The van der Waals surface area contributed by atoms with E-state index in [0.717, 1.165) is 15.7 Å². The summed E-state index contributed by atoms with van der Waals surface area (Å²) < 4.78 is 0.893. The van der Waals surface area contributed by atoms with Crippen LogP contribution in [0.1, 0.15) is 58.5 Å². The largest absolute Gasteiger partial charge is 0.352 e. The Hall–Kier alpha value is -2.73. The molecule has 1 saturated heterocycles. The minimum atomic E-state index is -1.58. The van der Waals surface area contributed by atoms with E-state index in [0.29, 0.717) is 26.7 Å². The zero-order valence-electron chi connectivity index (χ0n) is 21.0. The molecule has 3 atom stereocenters. The first-order chi connectivity index (χ1) is 18.0. The molecule has 7 heteroatoms. The normalized spacial score (nSPS) is 23.0. The Bertz CT molecular complexity index is 1550. The van der Waals surface area contributed by atoms with Gasteiger partial charge in [0.15, 0.2) is 17.3 Å². The molecule has 1 aliphatic carbocycles. The monoisotopic (exact) mass is 607 g/mol. The van der Waals surface area contributed by atoms with Gasteiger partial charge in [0.25, 0.3) is 0 Å². The number of halogens is 3. The summed E-state index contributed by atoms with van der Waals surface area (Å²) in [5.41, 5.74) is 0.690. The average Bonchev–Trinajstić information content (AvgIpc) is 3.29. The zero-order valence-corrected chi connectivity index (χ0v) is 24.1. The second-order valence-corrected chi connectivity index (χ2v) is 12.9. The van der Waals surface area contributed by atoms with Crippen LogP contribution in [0, 0.1) is 10.8 Å². The molecule has 0 bridgehead atoms.